The second-order valence-corrected chi connectivity index (χ2v) is 12.5. The molecule has 8 atom stereocenters. The molecule has 2 saturated carbocycles. The first-order valence-corrected chi connectivity index (χ1v) is 13.4. The minimum atomic E-state index is -1.12. The van der Waals surface area contributed by atoms with Crippen molar-refractivity contribution in [1.82, 2.24) is 14.9 Å². The number of fused-ring (bicyclic) bond motifs is 9. The molecule has 6 rings (SSSR count). The number of rotatable bonds is 5. The number of aromatic nitrogens is 2. The average molecular weight is 500 g/mol. The zero-order chi connectivity index (χ0) is 23.9. The number of likely N-dealkylation sites (tertiary alicyclic amines) is 1. The van der Waals surface area contributed by atoms with Gasteiger partial charge >= 0.3 is 10.8 Å². The Labute approximate surface area is 204 Å². The van der Waals surface area contributed by atoms with Crippen LogP contribution in [0.4, 0.5) is 0 Å². The fraction of sp³-hybridized carbons (Fsp3) is 0.542. The van der Waals surface area contributed by atoms with Crippen LogP contribution in [0.5, 0.6) is 0 Å². The summed E-state index contributed by atoms with van der Waals surface area (Å²) in [6, 6.07) is 2.78. The van der Waals surface area contributed by atoms with Crippen LogP contribution in [0.15, 0.2) is 34.3 Å². The second-order valence-electron chi connectivity index (χ2n) is 10.3. The molecule has 4 aliphatic rings. The van der Waals surface area contributed by atoms with E-state index in [2.05, 4.69) is 9.97 Å². The summed E-state index contributed by atoms with van der Waals surface area (Å²) in [5.74, 6) is -2.71. The third kappa shape index (κ3) is 3.00. The summed E-state index contributed by atoms with van der Waals surface area (Å²) in [7, 11) is 0. The van der Waals surface area contributed by atoms with Crippen LogP contribution in [-0.4, -0.2) is 49.0 Å². The molecule has 34 heavy (non-hydrogen) atoms. The minimum Gasteiger partial charge on any atom is -0.480 e. The van der Waals surface area contributed by atoms with Crippen LogP contribution < -0.4 is 4.87 Å². The number of H-pyrrole nitrogens is 1. The highest BCUT2D eigenvalue weighted by atomic mass is 32.2. The van der Waals surface area contributed by atoms with E-state index in [1.165, 1.54) is 11.3 Å². The van der Waals surface area contributed by atoms with Crippen LogP contribution in [0.25, 0.3) is 0 Å². The van der Waals surface area contributed by atoms with Gasteiger partial charge in [-0.1, -0.05) is 31.3 Å². The van der Waals surface area contributed by atoms with E-state index >= 15 is 0 Å². The number of thioether (sulfide) groups is 1. The lowest BCUT2D eigenvalue weighted by Crippen LogP contribution is -2.47. The third-order valence-electron chi connectivity index (χ3n) is 8.09. The number of aromatic amines is 1. The van der Waals surface area contributed by atoms with Crippen LogP contribution in [0.1, 0.15) is 43.0 Å². The predicted octanol–water partition coefficient (Wildman–Crippen LogP) is 2.80. The van der Waals surface area contributed by atoms with Gasteiger partial charge in [0.05, 0.1) is 16.9 Å². The van der Waals surface area contributed by atoms with Gasteiger partial charge in [0.25, 0.3) is 0 Å². The van der Waals surface area contributed by atoms with Crippen molar-refractivity contribution < 1.29 is 19.5 Å². The number of amides is 2. The van der Waals surface area contributed by atoms with E-state index in [0.717, 1.165) is 26.8 Å². The Morgan fingerprint density at radius 3 is 2.62 bits per heavy atom. The smallest absolute Gasteiger partial charge is 0.326 e. The van der Waals surface area contributed by atoms with Gasteiger partial charge in [-0.15, -0.1) is 11.8 Å². The quantitative estimate of drug-likeness (QED) is 0.607. The van der Waals surface area contributed by atoms with Crippen molar-refractivity contribution in [3.63, 3.8) is 0 Å². The van der Waals surface area contributed by atoms with Crippen molar-refractivity contribution in [1.29, 1.82) is 0 Å². The second kappa shape index (κ2) is 7.78. The van der Waals surface area contributed by atoms with E-state index in [0.29, 0.717) is 0 Å². The molecule has 2 aliphatic carbocycles. The maximum Gasteiger partial charge on any atom is 0.326 e. The number of aliphatic carboxylic acids is 1. The maximum atomic E-state index is 13.7. The predicted molar refractivity (Wildman–Crippen MR) is 125 cm³/mol. The monoisotopic (exact) mass is 499 g/mol. The standard InChI is InChI=1S/C24H25N3O5S2/c1-9(2)6-13(23(30)31)27-21(28)16-11-7-12(17(16)22(27)29)18-15(11)14(10-4-3-5-25-8-10)19-20(33-18)26-24(32)34-19/h3-5,8-9,11-18H,6-7H2,1-2H3,(H,26,32)(H,30,31)/t11-,12-,13-,14-,15+,16-,17+,18-/m1/s1. The van der Waals surface area contributed by atoms with Crippen LogP contribution >= 0.6 is 23.1 Å². The zero-order valence-electron chi connectivity index (χ0n) is 18.7. The molecular formula is C24H25N3O5S2. The van der Waals surface area contributed by atoms with Gasteiger partial charge in [0, 0.05) is 28.4 Å². The van der Waals surface area contributed by atoms with Crippen molar-refractivity contribution in [2.45, 2.75) is 48.9 Å². The first-order valence-electron chi connectivity index (χ1n) is 11.7. The van der Waals surface area contributed by atoms with Gasteiger partial charge in [0.1, 0.15) is 6.04 Å². The molecule has 2 aliphatic heterocycles. The number of carboxylic acids is 1. The number of hydrogen-bond donors (Lipinski definition) is 2. The molecule has 1 saturated heterocycles. The normalized spacial score (nSPS) is 34.3. The summed E-state index contributed by atoms with van der Waals surface area (Å²) < 4.78 is 0. The lowest BCUT2D eigenvalue weighted by Gasteiger charge is -2.42. The Morgan fingerprint density at radius 1 is 1.24 bits per heavy atom. The maximum absolute atomic E-state index is 13.7. The van der Waals surface area contributed by atoms with Gasteiger partial charge in [0.15, 0.2) is 0 Å². The number of thiazole rings is 1. The summed E-state index contributed by atoms with van der Waals surface area (Å²) in [6.07, 6.45) is 4.57. The van der Waals surface area contributed by atoms with E-state index in [1.54, 1.807) is 18.0 Å². The van der Waals surface area contributed by atoms with Crippen LogP contribution in [0, 0.1) is 35.5 Å². The van der Waals surface area contributed by atoms with Gasteiger partial charge in [-0.25, -0.2) is 4.79 Å². The Balaban J connectivity index is 1.42. The summed E-state index contributed by atoms with van der Waals surface area (Å²) in [4.78, 5) is 60.8. The van der Waals surface area contributed by atoms with E-state index in [9.17, 15) is 24.3 Å². The molecule has 0 radical (unpaired) electrons. The molecule has 2 N–H and O–H groups in total. The van der Waals surface area contributed by atoms with Crippen LogP contribution in [0.3, 0.4) is 0 Å². The molecule has 0 unspecified atom stereocenters. The lowest BCUT2D eigenvalue weighted by atomic mass is 9.68. The molecule has 0 spiro atoms. The number of pyridine rings is 1. The molecule has 3 fully saturated rings. The number of nitrogens with one attached hydrogen (secondary N) is 1. The van der Waals surface area contributed by atoms with E-state index in [-0.39, 0.29) is 57.9 Å². The number of carbonyl (C=O) groups is 3. The minimum absolute atomic E-state index is 0.0179. The topological polar surface area (TPSA) is 120 Å². The summed E-state index contributed by atoms with van der Waals surface area (Å²) in [5, 5.41) is 10.8. The number of imide groups is 1. The Hall–Kier alpha value is -2.46. The molecular weight excluding hydrogens is 474 g/mol. The highest BCUT2D eigenvalue weighted by molar-refractivity contribution is 8.00. The van der Waals surface area contributed by atoms with Crippen LogP contribution in [-0.2, 0) is 14.4 Å². The van der Waals surface area contributed by atoms with Crippen molar-refractivity contribution in [3.8, 4) is 0 Å². The Morgan fingerprint density at radius 2 is 1.97 bits per heavy atom. The number of nitrogens with zero attached hydrogens (tertiary/aromatic N) is 2. The Kier molecular flexibility index (Phi) is 5.04. The number of carboxylic acid groups (broad SMARTS) is 1. The SMILES string of the molecule is CC(C)C[C@H](C(=O)O)N1C(=O)[C@@H]2[C@@H]3C[C@@H]([C@H]4Sc5[nH]c(=O)sc5[C@H](c5cccnc5)[C@H]34)[C@@H]2C1=O. The third-order valence-corrected chi connectivity index (χ3v) is 10.7. The molecule has 2 amide bonds. The highest BCUT2D eigenvalue weighted by Crippen LogP contribution is 2.68. The van der Waals surface area contributed by atoms with Gasteiger partial charge in [-0.2, -0.15) is 0 Å². The van der Waals surface area contributed by atoms with Gasteiger partial charge < -0.3 is 10.1 Å². The molecule has 8 nitrogen and oxygen atoms in total. The number of hydrogen-bond acceptors (Lipinski definition) is 7. The lowest BCUT2D eigenvalue weighted by molar-refractivity contribution is -0.156. The first kappa shape index (κ1) is 22.0. The van der Waals surface area contributed by atoms with Gasteiger partial charge in [-0.05, 0) is 48.1 Å². The molecule has 2 aromatic heterocycles. The molecule has 178 valence electrons. The van der Waals surface area contributed by atoms with Crippen LogP contribution in [0.2, 0.25) is 0 Å². The summed E-state index contributed by atoms with van der Waals surface area (Å²) in [5.41, 5.74) is 1.01. The zero-order valence-corrected chi connectivity index (χ0v) is 20.3. The fourth-order valence-electron chi connectivity index (χ4n) is 7.04. The van der Waals surface area contributed by atoms with Crippen molar-refractivity contribution in [3.05, 3.63) is 44.6 Å². The van der Waals surface area contributed by atoms with E-state index in [1.807, 2.05) is 32.2 Å². The summed E-state index contributed by atoms with van der Waals surface area (Å²) in [6.45, 7) is 3.79. The Bertz CT molecular complexity index is 1240. The van der Waals surface area contributed by atoms with Crippen molar-refractivity contribution in [2.24, 2.45) is 35.5 Å². The first-order chi connectivity index (χ1) is 16.3. The highest BCUT2D eigenvalue weighted by Gasteiger charge is 2.70. The van der Waals surface area contributed by atoms with E-state index in [4.69, 9.17) is 0 Å². The largest absolute Gasteiger partial charge is 0.480 e. The molecule has 10 heteroatoms. The molecule has 2 aromatic rings. The summed E-state index contributed by atoms with van der Waals surface area (Å²) >= 11 is 2.84. The fourth-order valence-corrected chi connectivity index (χ4v) is 9.93. The average Bonchev–Trinajstić information content (AvgIpc) is 3.51. The van der Waals surface area contributed by atoms with Crippen molar-refractivity contribution >= 4 is 40.9 Å². The molecule has 2 bridgehead atoms. The van der Waals surface area contributed by atoms with Gasteiger partial charge in [0.2, 0.25) is 11.8 Å². The molecule has 4 heterocycles. The molecule has 0 aromatic carbocycles. The van der Waals surface area contributed by atoms with Gasteiger partial charge in [-0.3, -0.25) is 24.3 Å². The number of carbonyl (C=O) groups excluding carboxylic acids is 2. The van der Waals surface area contributed by atoms with E-state index < -0.39 is 23.8 Å². The van der Waals surface area contributed by atoms with Crippen molar-refractivity contribution in [2.75, 3.05) is 0 Å².